The van der Waals surface area contributed by atoms with Crippen LogP contribution in [0.3, 0.4) is 0 Å². The van der Waals surface area contributed by atoms with Crippen molar-refractivity contribution in [1.29, 1.82) is 0 Å². The number of nitrogens with zero attached hydrogens (tertiary/aromatic N) is 4. The van der Waals surface area contributed by atoms with Gasteiger partial charge in [-0.05, 0) is 178 Å². The van der Waals surface area contributed by atoms with E-state index in [1.54, 1.807) is 0 Å². The van der Waals surface area contributed by atoms with Gasteiger partial charge in [0.15, 0.2) is 0 Å². The zero-order valence-corrected chi connectivity index (χ0v) is 49.1. The summed E-state index contributed by atoms with van der Waals surface area (Å²) in [4.78, 5) is 9.53. The van der Waals surface area contributed by atoms with E-state index >= 15 is 0 Å². The number of para-hydroxylation sites is 6. The van der Waals surface area contributed by atoms with Crippen molar-refractivity contribution in [2.24, 2.45) is 0 Å². The second kappa shape index (κ2) is 23.2. The topological polar surface area (TPSA) is 13.0 Å². The molecule has 0 N–H and O–H groups in total. The molecule has 0 amide bonds. The van der Waals surface area contributed by atoms with E-state index in [4.69, 9.17) is 0 Å². The van der Waals surface area contributed by atoms with Crippen LogP contribution in [0.15, 0.2) is 340 Å². The molecule has 0 heterocycles. The fraction of sp³-hybridized carbons (Fsp3) is 0.0238. The molecule has 4 heteroatoms. The van der Waals surface area contributed by atoms with Gasteiger partial charge in [0, 0.05) is 67.0 Å². The van der Waals surface area contributed by atoms with Gasteiger partial charge in [-0.3, -0.25) is 0 Å². The van der Waals surface area contributed by atoms with E-state index < -0.39 is 0 Å². The molecule has 0 unspecified atom stereocenters. The van der Waals surface area contributed by atoms with Crippen LogP contribution in [0.4, 0.5) is 68.2 Å². The molecule has 16 aromatic carbocycles. The molecule has 0 spiro atoms. The van der Waals surface area contributed by atoms with Crippen molar-refractivity contribution in [3.8, 4) is 0 Å². The molecule has 0 fully saturated rings. The van der Waals surface area contributed by atoms with Gasteiger partial charge in [-0.2, -0.15) is 0 Å². The second-order valence-electron chi connectivity index (χ2n) is 22.6. The molecule has 0 saturated heterocycles. The fourth-order valence-corrected chi connectivity index (χ4v) is 13.0. The Hall–Kier alpha value is -11.5. The number of fused-ring (bicyclic) bond motifs is 5. The van der Waals surface area contributed by atoms with E-state index in [0.29, 0.717) is 0 Å². The maximum atomic E-state index is 2.39. The molecule has 0 aliphatic heterocycles. The van der Waals surface area contributed by atoms with Gasteiger partial charge in [0.25, 0.3) is 0 Å². The van der Waals surface area contributed by atoms with Gasteiger partial charge >= 0.3 is 0 Å². The van der Waals surface area contributed by atoms with Crippen LogP contribution in [0, 0.1) is 13.8 Å². The van der Waals surface area contributed by atoms with Gasteiger partial charge < -0.3 is 19.6 Å². The molecule has 0 radical (unpaired) electrons. The van der Waals surface area contributed by atoms with Gasteiger partial charge in [0.05, 0.1) is 22.7 Å². The maximum absolute atomic E-state index is 2.39. The Bertz CT molecular complexity index is 4680. The molecule has 16 aromatic rings. The fourth-order valence-electron chi connectivity index (χ4n) is 13.0. The van der Waals surface area contributed by atoms with Crippen LogP contribution in [0.25, 0.3) is 64.6 Å². The molecule has 88 heavy (non-hydrogen) atoms. The summed E-state index contributed by atoms with van der Waals surface area (Å²) in [5, 5.41) is 14.9. The molecule has 16 rings (SSSR count). The van der Waals surface area contributed by atoms with E-state index in [0.717, 1.165) is 56.9 Å². The van der Waals surface area contributed by atoms with Gasteiger partial charge in [-0.25, -0.2) is 0 Å². The highest BCUT2D eigenvalue weighted by Crippen LogP contribution is 2.50. The van der Waals surface area contributed by atoms with Gasteiger partial charge in [-0.1, -0.05) is 230 Å². The summed E-state index contributed by atoms with van der Waals surface area (Å²) in [5.74, 6) is 0. The number of rotatable bonds is 12. The highest BCUT2D eigenvalue weighted by Gasteiger charge is 2.24. The third kappa shape index (κ3) is 9.83. The molecule has 0 aliphatic rings. The summed E-state index contributed by atoms with van der Waals surface area (Å²) in [6.07, 6.45) is 0. The first kappa shape index (κ1) is 53.3. The Morgan fingerprint density at radius 2 is 0.409 bits per heavy atom. The molecule has 4 nitrogen and oxygen atoms in total. The van der Waals surface area contributed by atoms with Crippen LogP contribution in [0.5, 0.6) is 0 Å². The van der Waals surface area contributed by atoms with Crippen molar-refractivity contribution in [2.45, 2.75) is 13.8 Å². The first-order chi connectivity index (χ1) is 43.5. The van der Waals surface area contributed by atoms with Crippen LogP contribution < -0.4 is 19.6 Å². The minimum atomic E-state index is 1.13. The molecule has 0 aliphatic carbocycles. The summed E-state index contributed by atoms with van der Waals surface area (Å²) in [7, 11) is 0. The predicted octanol–water partition coefficient (Wildman–Crippen LogP) is 24.2. The van der Waals surface area contributed by atoms with Crippen molar-refractivity contribution in [3.05, 3.63) is 351 Å². The zero-order chi connectivity index (χ0) is 58.9. The summed E-state index contributed by atoms with van der Waals surface area (Å²) >= 11 is 0. The summed E-state index contributed by atoms with van der Waals surface area (Å²) < 4.78 is 0. The van der Waals surface area contributed by atoms with Crippen LogP contribution in [-0.4, -0.2) is 0 Å². The van der Waals surface area contributed by atoms with Gasteiger partial charge in [0.2, 0.25) is 0 Å². The summed E-state index contributed by atoms with van der Waals surface area (Å²) in [5.41, 5.74) is 16.2. The lowest BCUT2D eigenvalue weighted by Gasteiger charge is -2.29. The second-order valence-corrected chi connectivity index (χ2v) is 22.6. The van der Waals surface area contributed by atoms with Crippen LogP contribution in [-0.2, 0) is 0 Å². The molecular weight excluding hydrogens is 1060 g/mol. The van der Waals surface area contributed by atoms with E-state index in [2.05, 4.69) is 373 Å². The highest BCUT2D eigenvalue weighted by atomic mass is 15.2. The van der Waals surface area contributed by atoms with E-state index in [1.165, 1.54) is 87.1 Å². The molecule has 0 aromatic heterocycles. The predicted molar refractivity (Wildman–Crippen MR) is 377 cm³/mol. The maximum Gasteiger partial charge on any atom is 0.0546 e. The Labute approximate surface area is 514 Å². The Balaban J connectivity index is 0.000000148. The average molecular weight is 1130 g/mol. The minimum absolute atomic E-state index is 1.13. The van der Waals surface area contributed by atoms with Crippen molar-refractivity contribution >= 4 is 133 Å². The third-order valence-electron chi connectivity index (χ3n) is 17.1. The van der Waals surface area contributed by atoms with Crippen molar-refractivity contribution in [3.63, 3.8) is 0 Å². The van der Waals surface area contributed by atoms with Crippen molar-refractivity contribution < 1.29 is 0 Å². The van der Waals surface area contributed by atoms with Crippen LogP contribution >= 0.6 is 0 Å². The number of benzene rings is 16. The van der Waals surface area contributed by atoms with E-state index in [9.17, 15) is 0 Å². The standard InChI is InChI=1S/C42H32N2.C42H30N2/c1-29-13-21-35(22-14-29)43(33-9-5-3-6-10-33)39-27-19-31-18-26-38-40(28-20-32-17-25-37(39)41(31)42(32)38)44(34-11-7-4-8-12-34)36-23-15-30(2)16-24-36;1-5-17-31(18-6-1)43(32-19-7-2-8-20-32)41-29-39-36-26-14-16-28-38(36)42(30-40(39)35-25-13-15-27-37(35)41)44(33-21-9-3-10-22-33)34-23-11-4-12-24-34/h3-28H,1-2H3;1-30H. The third-order valence-corrected chi connectivity index (χ3v) is 17.1. The largest absolute Gasteiger partial charge is 0.310 e. The van der Waals surface area contributed by atoms with Crippen LogP contribution in [0.2, 0.25) is 0 Å². The van der Waals surface area contributed by atoms with Crippen LogP contribution in [0.1, 0.15) is 11.1 Å². The summed E-state index contributed by atoms with van der Waals surface area (Å²) in [6.45, 7) is 4.28. The number of anilines is 12. The van der Waals surface area contributed by atoms with E-state index in [1.807, 2.05) is 0 Å². The average Bonchev–Trinajstić information content (AvgIpc) is 0.785. The molecule has 418 valence electrons. The minimum Gasteiger partial charge on any atom is -0.310 e. The molecular formula is C84H62N4. The summed E-state index contributed by atoms with van der Waals surface area (Å²) in [6, 6.07) is 122. The number of hydrogen-bond donors (Lipinski definition) is 0. The molecule has 0 bridgehead atoms. The zero-order valence-electron chi connectivity index (χ0n) is 49.1. The Morgan fingerprint density at radius 1 is 0.170 bits per heavy atom. The number of aryl methyl sites for hydroxylation is 2. The van der Waals surface area contributed by atoms with Gasteiger partial charge in [0.1, 0.15) is 0 Å². The molecule has 0 saturated carbocycles. The lowest BCUT2D eigenvalue weighted by Crippen LogP contribution is -2.11. The normalized spacial score (nSPS) is 11.3. The Morgan fingerprint density at radius 3 is 0.705 bits per heavy atom. The van der Waals surface area contributed by atoms with Gasteiger partial charge in [-0.15, -0.1) is 0 Å². The van der Waals surface area contributed by atoms with E-state index in [-0.39, 0.29) is 0 Å². The Kier molecular flexibility index (Phi) is 14.0. The SMILES string of the molecule is Cc1ccc(N(c2ccccc2)c2ccc3ccc4c(N(c5ccccc5)c5ccc(C)cc5)ccc5ccc2c3c54)cc1.c1ccc(N(c2ccccc2)c2cc3c4ccccc4c(N(c4ccccc4)c4ccccc4)cc3c3ccccc23)cc1. The lowest BCUT2D eigenvalue weighted by atomic mass is 9.91. The first-order valence-electron chi connectivity index (χ1n) is 30.2. The highest BCUT2D eigenvalue weighted by molar-refractivity contribution is 6.28. The monoisotopic (exact) mass is 1130 g/mol. The van der Waals surface area contributed by atoms with Crippen molar-refractivity contribution in [2.75, 3.05) is 19.6 Å². The molecule has 0 atom stereocenters. The smallest absolute Gasteiger partial charge is 0.0546 e. The lowest BCUT2D eigenvalue weighted by molar-refractivity contribution is 1.29. The number of hydrogen-bond acceptors (Lipinski definition) is 4. The quantitative estimate of drug-likeness (QED) is 0.113. The van der Waals surface area contributed by atoms with Crippen molar-refractivity contribution in [1.82, 2.24) is 0 Å². The first-order valence-corrected chi connectivity index (χ1v) is 30.2.